The van der Waals surface area contributed by atoms with Gasteiger partial charge in [0.25, 0.3) is 0 Å². The number of nitrogens with one attached hydrogen (secondary N) is 1. The topological polar surface area (TPSA) is 102 Å². The average Bonchev–Trinajstić information content (AvgIpc) is 2.78. The summed E-state index contributed by atoms with van der Waals surface area (Å²) in [6.07, 6.45) is 1.47. The number of rotatable bonds is 6. The summed E-state index contributed by atoms with van der Waals surface area (Å²) in [6, 6.07) is 6.13. The van der Waals surface area contributed by atoms with Crippen LogP contribution < -0.4 is 5.69 Å². The van der Waals surface area contributed by atoms with E-state index < -0.39 is 15.5 Å². The molecule has 0 aliphatic carbocycles. The van der Waals surface area contributed by atoms with Crippen molar-refractivity contribution < 1.29 is 13.2 Å². The molecule has 0 bridgehead atoms. The van der Waals surface area contributed by atoms with Crippen molar-refractivity contribution in [3.63, 3.8) is 0 Å². The predicted octanol–water partition coefficient (Wildman–Crippen LogP) is 1.26. The van der Waals surface area contributed by atoms with Crippen molar-refractivity contribution in [2.24, 2.45) is 5.92 Å². The van der Waals surface area contributed by atoms with Gasteiger partial charge in [-0.05, 0) is 18.1 Å². The molecule has 1 N–H and O–H groups in total. The molecule has 0 radical (unpaired) electrons. The van der Waals surface area contributed by atoms with Crippen molar-refractivity contribution in [2.75, 3.05) is 6.26 Å². The molecule has 0 fully saturated rings. The van der Waals surface area contributed by atoms with Crippen LogP contribution in [0.2, 0.25) is 0 Å². The van der Waals surface area contributed by atoms with Gasteiger partial charge in [-0.1, -0.05) is 26.0 Å². The first-order valence-corrected chi connectivity index (χ1v) is 9.05. The number of carbonyl (C=O) groups is 1. The summed E-state index contributed by atoms with van der Waals surface area (Å²) in [6.45, 7) is 3.75. The van der Waals surface area contributed by atoms with E-state index in [9.17, 15) is 18.0 Å². The first-order chi connectivity index (χ1) is 10.7. The Hall–Kier alpha value is -2.22. The molecule has 0 aliphatic rings. The standard InChI is InChI=1S/C15H19N3O4S/c1-10(2)7-12(19)9-18-14(16-17-15(18)20)11-5-4-6-13(8-11)23(3,21)22/h4-6,8,10H,7,9H2,1-3H3,(H,17,20). The second-order valence-electron chi connectivity index (χ2n) is 5.88. The fourth-order valence-corrected chi connectivity index (χ4v) is 2.91. The van der Waals surface area contributed by atoms with E-state index in [-0.39, 0.29) is 29.0 Å². The number of carbonyl (C=O) groups excluding carboxylic acids is 1. The fraction of sp³-hybridized carbons (Fsp3) is 0.400. The molecule has 1 aromatic heterocycles. The minimum atomic E-state index is -3.37. The Kier molecular flexibility index (Phi) is 4.84. The third kappa shape index (κ3) is 4.16. The average molecular weight is 337 g/mol. The Morgan fingerprint density at radius 1 is 1.35 bits per heavy atom. The van der Waals surface area contributed by atoms with Crippen LogP contribution in [0.4, 0.5) is 0 Å². The van der Waals surface area contributed by atoms with E-state index in [2.05, 4.69) is 10.2 Å². The van der Waals surface area contributed by atoms with Crippen LogP contribution in [-0.2, 0) is 21.2 Å². The molecule has 0 atom stereocenters. The van der Waals surface area contributed by atoms with Crippen molar-refractivity contribution in [1.29, 1.82) is 0 Å². The lowest BCUT2D eigenvalue weighted by Gasteiger charge is -2.08. The molecule has 7 nitrogen and oxygen atoms in total. The lowest BCUT2D eigenvalue weighted by atomic mass is 10.1. The maximum Gasteiger partial charge on any atom is 0.343 e. The fourth-order valence-electron chi connectivity index (χ4n) is 2.25. The van der Waals surface area contributed by atoms with Gasteiger partial charge >= 0.3 is 5.69 Å². The third-order valence-electron chi connectivity index (χ3n) is 3.25. The molecule has 0 amide bonds. The maximum absolute atomic E-state index is 12.0. The summed E-state index contributed by atoms with van der Waals surface area (Å²) in [5, 5.41) is 6.23. The van der Waals surface area contributed by atoms with Crippen molar-refractivity contribution in [3.8, 4) is 11.4 Å². The number of benzene rings is 1. The lowest BCUT2D eigenvalue weighted by Crippen LogP contribution is -2.23. The van der Waals surface area contributed by atoms with Crippen LogP contribution in [0.5, 0.6) is 0 Å². The van der Waals surface area contributed by atoms with Gasteiger partial charge in [-0.3, -0.25) is 9.36 Å². The highest BCUT2D eigenvalue weighted by atomic mass is 32.2. The Labute approximate surface area is 134 Å². The van der Waals surface area contributed by atoms with Crippen LogP contribution in [-0.4, -0.2) is 35.2 Å². The summed E-state index contributed by atoms with van der Waals surface area (Å²) in [5.74, 6) is 0.365. The highest BCUT2D eigenvalue weighted by Gasteiger charge is 2.16. The summed E-state index contributed by atoms with van der Waals surface area (Å²) in [7, 11) is -3.37. The summed E-state index contributed by atoms with van der Waals surface area (Å²) >= 11 is 0. The van der Waals surface area contributed by atoms with Gasteiger partial charge in [0.15, 0.2) is 21.4 Å². The van der Waals surface area contributed by atoms with Crippen LogP contribution in [0.1, 0.15) is 20.3 Å². The van der Waals surface area contributed by atoms with Gasteiger partial charge in [0.2, 0.25) is 0 Å². The SMILES string of the molecule is CC(C)CC(=O)Cn1c(-c2cccc(S(C)(=O)=O)c2)n[nH]c1=O. The van der Waals surface area contributed by atoms with Crippen molar-refractivity contribution in [1.82, 2.24) is 14.8 Å². The van der Waals surface area contributed by atoms with Gasteiger partial charge < -0.3 is 0 Å². The molecule has 0 saturated carbocycles. The third-order valence-corrected chi connectivity index (χ3v) is 4.36. The number of hydrogen-bond donors (Lipinski definition) is 1. The van der Waals surface area contributed by atoms with Crippen LogP contribution >= 0.6 is 0 Å². The monoisotopic (exact) mass is 337 g/mol. The maximum atomic E-state index is 12.0. The second-order valence-corrected chi connectivity index (χ2v) is 7.89. The molecule has 124 valence electrons. The number of hydrogen-bond acceptors (Lipinski definition) is 5. The molecule has 2 aromatic rings. The Bertz CT molecular complexity index is 878. The number of sulfone groups is 1. The number of H-pyrrole nitrogens is 1. The number of aromatic amines is 1. The van der Waals surface area contributed by atoms with Gasteiger partial charge in [-0.2, -0.15) is 5.10 Å². The normalized spacial score (nSPS) is 11.8. The van der Waals surface area contributed by atoms with E-state index in [0.717, 1.165) is 6.26 Å². The molecule has 8 heteroatoms. The zero-order chi connectivity index (χ0) is 17.2. The summed E-state index contributed by atoms with van der Waals surface area (Å²) in [4.78, 5) is 24.0. The van der Waals surface area contributed by atoms with Crippen LogP contribution in [0.3, 0.4) is 0 Å². The van der Waals surface area contributed by atoms with E-state index in [1.54, 1.807) is 12.1 Å². The minimum absolute atomic E-state index is 0.0796. The molecule has 1 heterocycles. The van der Waals surface area contributed by atoms with Crippen LogP contribution in [0.15, 0.2) is 34.0 Å². The lowest BCUT2D eigenvalue weighted by molar-refractivity contribution is -0.120. The van der Waals surface area contributed by atoms with Crippen molar-refractivity contribution in [3.05, 3.63) is 34.7 Å². The first-order valence-electron chi connectivity index (χ1n) is 7.16. The molecular formula is C15H19N3O4S. The Morgan fingerprint density at radius 2 is 2.04 bits per heavy atom. The quantitative estimate of drug-likeness (QED) is 0.855. The van der Waals surface area contributed by atoms with E-state index in [0.29, 0.717) is 12.0 Å². The van der Waals surface area contributed by atoms with E-state index in [1.165, 1.54) is 16.7 Å². The molecule has 0 aliphatic heterocycles. The van der Waals surface area contributed by atoms with E-state index in [1.807, 2.05) is 13.8 Å². The zero-order valence-corrected chi connectivity index (χ0v) is 14.1. The van der Waals surface area contributed by atoms with Crippen molar-refractivity contribution in [2.45, 2.75) is 31.7 Å². The summed E-state index contributed by atoms with van der Waals surface area (Å²) in [5.41, 5.74) is -0.0366. The molecular weight excluding hydrogens is 318 g/mol. The highest BCUT2D eigenvalue weighted by molar-refractivity contribution is 7.90. The van der Waals surface area contributed by atoms with Gasteiger partial charge in [-0.15, -0.1) is 0 Å². The predicted molar refractivity (Wildman–Crippen MR) is 85.9 cm³/mol. The Balaban J connectivity index is 2.42. The molecule has 0 unspecified atom stereocenters. The van der Waals surface area contributed by atoms with Gasteiger partial charge in [-0.25, -0.2) is 18.3 Å². The van der Waals surface area contributed by atoms with Gasteiger partial charge in [0, 0.05) is 18.2 Å². The van der Waals surface area contributed by atoms with E-state index in [4.69, 9.17) is 0 Å². The molecule has 1 aromatic carbocycles. The number of nitrogens with zero attached hydrogens (tertiary/aromatic N) is 2. The van der Waals surface area contributed by atoms with Crippen LogP contribution in [0, 0.1) is 5.92 Å². The Morgan fingerprint density at radius 3 is 2.65 bits per heavy atom. The van der Waals surface area contributed by atoms with Crippen molar-refractivity contribution >= 4 is 15.6 Å². The van der Waals surface area contributed by atoms with E-state index >= 15 is 0 Å². The molecule has 0 spiro atoms. The summed E-state index contributed by atoms with van der Waals surface area (Å²) < 4.78 is 24.5. The largest absolute Gasteiger partial charge is 0.343 e. The molecule has 2 rings (SSSR count). The van der Waals surface area contributed by atoms with Crippen LogP contribution in [0.25, 0.3) is 11.4 Å². The number of ketones is 1. The molecule has 0 saturated heterocycles. The minimum Gasteiger partial charge on any atom is -0.298 e. The first kappa shape index (κ1) is 17.1. The number of aromatic nitrogens is 3. The zero-order valence-electron chi connectivity index (χ0n) is 13.2. The van der Waals surface area contributed by atoms with Gasteiger partial charge in [0.1, 0.15) is 0 Å². The number of Topliss-reactive ketones (excluding diaryl/α,β-unsaturated/α-hetero) is 1. The highest BCUT2D eigenvalue weighted by Crippen LogP contribution is 2.20. The molecule has 23 heavy (non-hydrogen) atoms. The second kappa shape index (κ2) is 6.49. The smallest absolute Gasteiger partial charge is 0.298 e. The van der Waals surface area contributed by atoms with Gasteiger partial charge in [0.05, 0.1) is 11.4 Å².